The fraction of sp³-hybridized carbons (Fsp3) is 0.0385. The van der Waals surface area contributed by atoms with E-state index in [9.17, 15) is 9.90 Å². The number of carbonyl (C=O) groups excluding carboxylic acids is 1. The molecular weight excluding hydrogens is 394 g/mol. The Bertz CT molecular complexity index is 1140. The van der Waals surface area contributed by atoms with Gasteiger partial charge in [0, 0.05) is 21.8 Å². The van der Waals surface area contributed by atoms with Crippen LogP contribution in [0.4, 0.5) is 5.69 Å². The lowest BCUT2D eigenvalue weighted by atomic mass is 9.78. The largest absolute Gasteiger partial charge is 0.376 e. The fourth-order valence-corrected chi connectivity index (χ4v) is 3.69. The summed E-state index contributed by atoms with van der Waals surface area (Å²) in [4.78, 5) is 13.2. The average molecular weight is 414 g/mol. The Hall–Kier alpha value is -3.40. The van der Waals surface area contributed by atoms with E-state index in [2.05, 4.69) is 5.32 Å². The fourth-order valence-electron chi connectivity index (χ4n) is 3.56. The molecule has 0 fully saturated rings. The van der Waals surface area contributed by atoms with Gasteiger partial charge in [0.15, 0.2) is 0 Å². The number of anilines is 1. The highest BCUT2D eigenvalue weighted by atomic mass is 35.5. The maximum absolute atomic E-state index is 13.2. The molecule has 0 unspecified atom stereocenters. The number of amides is 1. The van der Waals surface area contributed by atoms with Crippen molar-refractivity contribution < 1.29 is 9.90 Å². The number of rotatable bonds is 5. The van der Waals surface area contributed by atoms with Crippen molar-refractivity contribution in [3.63, 3.8) is 0 Å². The third kappa shape index (κ3) is 3.86. The van der Waals surface area contributed by atoms with Crippen LogP contribution < -0.4 is 5.32 Å². The molecule has 0 radical (unpaired) electrons. The number of nitrogens with one attached hydrogen (secondary N) is 1. The highest BCUT2D eigenvalue weighted by Gasteiger charge is 2.36. The zero-order valence-electron chi connectivity index (χ0n) is 16.1. The van der Waals surface area contributed by atoms with Crippen LogP contribution in [0.5, 0.6) is 0 Å². The van der Waals surface area contributed by atoms with Crippen LogP contribution in [0.2, 0.25) is 5.02 Å². The van der Waals surface area contributed by atoms with Crippen molar-refractivity contribution in [1.82, 2.24) is 0 Å². The molecule has 0 aliphatic carbocycles. The summed E-state index contributed by atoms with van der Waals surface area (Å²) in [6, 6.07) is 32.7. The summed E-state index contributed by atoms with van der Waals surface area (Å²) in [5.74, 6) is -0.292. The van der Waals surface area contributed by atoms with E-state index in [1.807, 2.05) is 66.7 Å². The lowest BCUT2D eigenvalue weighted by molar-refractivity contribution is 0.0996. The van der Waals surface area contributed by atoms with Crippen LogP contribution in [0.25, 0.3) is 0 Å². The van der Waals surface area contributed by atoms with Gasteiger partial charge in [-0.15, -0.1) is 0 Å². The van der Waals surface area contributed by atoms with Crippen molar-refractivity contribution in [2.75, 3.05) is 5.32 Å². The first-order valence-electron chi connectivity index (χ1n) is 9.59. The Labute approximate surface area is 180 Å². The first kappa shape index (κ1) is 19.9. The van der Waals surface area contributed by atoms with Crippen LogP contribution in [-0.2, 0) is 5.60 Å². The molecule has 148 valence electrons. The van der Waals surface area contributed by atoms with Gasteiger partial charge in [-0.3, -0.25) is 4.79 Å². The van der Waals surface area contributed by atoms with Gasteiger partial charge in [-0.25, -0.2) is 0 Å². The second-order valence-electron chi connectivity index (χ2n) is 6.95. The predicted molar refractivity (Wildman–Crippen MR) is 121 cm³/mol. The van der Waals surface area contributed by atoms with Crippen molar-refractivity contribution in [3.8, 4) is 0 Å². The minimum atomic E-state index is -1.53. The molecule has 0 aliphatic heterocycles. The Kier molecular flexibility index (Phi) is 5.66. The van der Waals surface area contributed by atoms with E-state index in [1.54, 1.807) is 42.5 Å². The molecular formula is C26H20ClNO2. The van der Waals surface area contributed by atoms with Crippen molar-refractivity contribution in [2.24, 2.45) is 0 Å². The number of benzene rings is 4. The topological polar surface area (TPSA) is 49.3 Å². The molecule has 4 heteroatoms. The van der Waals surface area contributed by atoms with E-state index >= 15 is 0 Å². The molecule has 4 aromatic carbocycles. The van der Waals surface area contributed by atoms with E-state index in [-0.39, 0.29) is 5.91 Å². The molecule has 3 nitrogen and oxygen atoms in total. The number of aliphatic hydroxyl groups is 1. The Morgan fingerprint density at radius 3 is 1.90 bits per heavy atom. The van der Waals surface area contributed by atoms with E-state index < -0.39 is 5.60 Å². The standard InChI is InChI=1S/C26H20ClNO2/c27-21-17-15-20(16-18-21)26(30,19-9-3-1-4-10-19)24-14-8-7-13-23(24)25(29)28-22-11-5-2-6-12-22/h1-18,30H,(H,28,29)/t26-/m1/s1. The minimum absolute atomic E-state index is 0.292. The minimum Gasteiger partial charge on any atom is -0.376 e. The second kappa shape index (κ2) is 8.54. The Balaban J connectivity index is 1.86. The van der Waals surface area contributed by atoms with Crippen LogP contribution in [0, 0.1) is 0 Å². The SMILES string of the molecule is O=C(Nc1ccccc1)c1ccccc1[C@@](O)(c1ccccc1)c1ccc(Cl)cc1. The summed E-state index contributed by atoms with van der Waals surface area (Å²) in [6.07, 6.45) is 0. The van der Waals surface area contributed by atoms with Crippen molar-refractivity contribution in [1.29, 1.82) is 0 Å². The summed E-state index contributed by atoms with van der Waals surface area (Å²) >= 11 is 6.08. The molecule has 0 bridgehead atoms. The number of hydrogen-bond acceptors (Lipinski definition) is 2. The zero-order valence-corrected chi connectivity index (χ0v) is 16.9. The van der Waals surface area contributed by atoms with Crippen molar-refractivity contribution >= 4 is 23.2 Å². The summed E-state index contributed by atoms with van der Waals surface area (Å²) in [5, 5.41) is 15.6. The van der Waals surface area contributed by atoms with Gasteiger partial charge >= 0.3 is 0 Å². The van der Waals surface area contributed by atoms with Gasteiger partial charge in [-0.2, -0.15) is 0 Å². The number of halogens is 1. The van der Waals surface area contributed by atoms with Crippen LogP contribution >= 0.6 is 11.6 Å². The number of carbonyl (C=O) groups is 1. The predicted octanol–water partition coefficient (Wildman–Crippen LogP) is 5.88. The monoisotopic (exact) mass is 413 g/mol. The number of para-hydroxylation sites is 1. The average Bonchev–Trinajstić information content (AvgIpc) is 2.80. The Morgan fingerprint density at radius 1 is 0.700 bits per heavy atom. The van der Waals surface area contributed by atoms with E-state index in [0.29, 0.717) is 33.0 Å². The van der Waals surface area contributed by atoms with Crippen LogP contribution in [0.3, 0.4) is 0 Å². The molecule has 0 heterocycles. The molecule has 30 heavy (non-hydrogen) atoms. The van der Waals surface area contributed by atoms with E-state index in [0.717, 1.165) is 0 Å². The van der Waals surface area contributed by atoms with Gasteiger partial charge in [0.05, 0.1) is 0 Å². The summed E-state index contributed by atoms with van der Waals surface area (Å²) in [5.41, 5.74) is 1.32. The van der Waals surface area contributed by atoms with Gasteiger partial charge in [0.2, 0.25) is 0 Å². The third-order valence-corrected chi connectivity index (χ3v) is 5.30. The molecule has 1 atom stereocenters. The van der Waals surface area contributed by atoms with Crippen molar-refractivity contribution in [3.05, 3.63) is 136 Å². The molecule has 0 aromatic heterocycles. The summed E-state index contributed by atoms with van der Waals surface area (Å²) < 4.78 is 0. The van der Waals surface area contributed by atoms with Gasteiger partial charge < -0.3 is 10.4 Å². The molecule has 1 amide bonds. The quantitative estimate of drug-likeness (QED) is 0.401. The lowest BCUT2D eigenvalue weighted by Gasteiger charge is -2.31. The number of hydrogen-bond donors (Lipinski definition) is 2. The van der Waals surface area contributed by atoms with Crippen LogP contribution in [-0.4, -0.2) is 11.0 Å². The van der Waals surface area contributed by atoms with Crippen LogP contribution in [0.15, 0.2) is 109 Å². The second-order valence-corrected chi connectivity index (χ2v) is 7.39. The summed E-state index contributed by atoms with van der Waals surface area (Å²) in [7, 11) is 0. The van der Waals surface area contributed by atoms with Crippen molar-refractivity contribution in [2.45, 2.75) is 5.60 Å². The zero-order chi connectivity index (χ0) is 21.0. The first-order valence-corrected chi connectivity index (χ1v) is 9.96. The van der Waals surface area contributed by atoms with Gasteiger partial charge in [-0.05, 0) is 41.5 Å². The molecule has 0 spiro atoms. The molecule has 2 N–H and O–H groups in total. The highest BCUT2D eigenvalue weighted by Crippen LogP contribution is 2.39. The van der Waals surface area contributed by atoms with Gasteiger partial charge in [0.1, 0.15) is 5.60 Å². The van der Waals surface area contributed by atoms with Crippen LogP contribution in [0.1, 0.15) is 27.0 Å². The third-order valence-electron chi connectivity index (χ3n) is 5.05. The Morgan fingerprint density at radius 2 is 1.23 bits per heavy atom. The normalized spacial score (nSPS) is 12.7. The molecule has 0 saturated carbocycles. The summed E-state index contributed by atoms with van der Waals surface area (Å²) in [6.45, 7) is 0. The maximum Gasteiger partial charge on any atom is 0.256 e. The van der Waals surface area contributed by atoms with Gasteiger partial charge in [0.25, 0.3) is 5.91 Å². The molecule has 0 aliphatic rings. The van der Waals surface area contributed by atoms with E-state index in [1.165, 1.54) is 0 Å². The maximum atomic E-state index is 13.2. The molecule has 4 rings (SSSR count). The van der Waals surface area contributed by atoms with Gasteiger partial charge in [-0.1, -0.05) is 90.5 Å². The molecule has 4 aromatic rings. The lowest BCUT2D eigenvalue weighted by Crippen LogP contribution is -2.32. The first-order chi connectivity index (χ1) is 14.6. The van der Waals surface area contributed by atoms with E-state index in [4.69, 9.17) is 11.6 Å². The smallest absolute Gasteiger partial charge is 0.256 e. The molecule has 0 saturated heterocycles. The highest BCUT2D eigenvalue weighted by molar-refractivity contribution is 6.30.